The van der Waals surface area contributed by atoms with Crippen LogP contribution in [0.25, 0.3) is 0 Å². The van der Waals surface area contributed by atoms with Crippen LogP contribution in [0.15, 0.2) is 66.7 Å². The van der Waals surface area contributed by atoms with Crippen LogP contribution < -0.4 is 15.4 Å². The summed E-state index contributed by atoms with van der Waals surface area (Å²) in [7, 11) is 1.66. The van der Waals surface area contributed by atoms with Gasteiger partial charge in [-0.05, 0) is 42.8 Å². The SMILES string of the molecule is COCCOc1cc(Nc2ccccc2Cl)ccc1Nc1ccccc1C. The molecule has 0 aliphatic carbocycles. The van der Waals surface area contributed by atoms with Gasteiger partial charge in [0.05, 0.1) is 23.0 Å². The van der Waals surface area contributed by atoms with E-state index in [4.69, 9.17) is 21.1 Å². The topological polar surface area (TPSA) is 42.5 Å². The van der Waals surface area contributed by atoms with Crippen molar-refractivity contribution in [2.45, 2.75) is 6.92 Å². The Morgan fingerprint density at radius 2 is 1.56 bits per heavy atom. The molecule has 3 aromatic carbocycles. The number of aryl methyl sites for hydroxylation is 1. The molecule has 3 rings (SSSR count). The van der Waals surface area contributed by atoms with Gasteiger partial charge in [-0.2, -0.15) is 0 Å². The summed E-state index contributed by atoms with van der Waals surface area (Å²) in [6.07, 6.45) is 0. The number of rotatable bonds is 8. The maximum absolute atomic E-state index is 6.25. The Kier molecular flexibility index (Phi) is 6.58. The number of methoxy groups -OCH3 is 1. The van der Waals surface area contributed by atoms with Crippen molar-refractivity contribution in [3.8, 4) is 5.75 Å². The predicted octanol–water partition coefficient (Wildman–Crippen LogP) is 6.16. The van der Waals surface area contributed by atoms with E-state index in [9.17, 15) is 0 Å². The number of para-hydroxylation sites is 2. The fourth-order valence-electron chi connectivity index (χ4n) is 2.63. The van der Waals surface area contributed by atoms with Crippen molar-refractivity contribution in [1.82, 2.24) is 0 Å². The largest absolute Gasteiger partial charge is 0.489 e. The number of benzene rings is 3. The van der Waals surface area contributed by atoms with E-state index in [1.165, 1.54) is 5.56 Å². The molecule has 140 valence electrons. The molecule has 5 heteroatoms. The van der Waals surface area contributed by atoms with Gasteiger partial charge in [0.2, 0.25) is 0 Å². The summed E-state index contributed by atoms with van der Waals surface area (Å²) < 4.78 is 11.0. The van der Waals surface area contributed by atoms with Crippen molar-refractivity contribution in [2.24, 2.45) is 0 Å². The van der Waals surface area contributed by atoms with Crippen molar-refractivity contribution in [3.05, 3.63) is 77.3 Å². The van der Waals surface area contributed by atoms with E-state index in [1.54, 1.807) is 7.11 Å². The first kappa shape index (κ1) is 19.1. The molecule has 0 fully saturated rings. The highest BCUT2D eigenvalue weighted by Gasteiger charge is 2.09. The van der Waals surface area contributed by atoms with Gasteiger partial charge in [-0.15, -0.1) is 0 Å². The van der Waals surface area contributed by atoms with Crippen LogP contribution in [0.3, 0.4) is 0 Å². The minimum Gasteiger partial charge on any atom is -0.489 e. The number of nitrogens with one attached hydrogen (secondary N) is 2. The smallest absolute Gasteiger partial charge is 0.144 e. The zero-order valence-electron chi connectivity index (χ0n) is 15.5. The van der Waals surface area contributed by atoms with Gasteiger partial charge in [0, 0.05) is 24.6 Å². The van der Waals surface area contributed by atoms with Gasteiger partial charge in [-0.3, -0.25) is 0 Å². The molecule has 0 aromatic heterocycles. The second-order valence-corrected chi connectivity index (χ2v) is 6.50. The fraction of sp³-hybridized carbons (Fsp3) is 0.182. The molecule has 3 aromatic rings. The lowest BCUT2D eigenvalue weighted by atomic mass is 10.2. The van der Waals surface area contributed by atoms with Crippen LogP contribution in [0, 0.1) is 6.92 Å². The third kappa shape index (κ3) is 5.16. The summed E-state index contributed by atoms with van der Waals surface area (Å²) in [5.74, 6) is 0.743. The standard InChI is InChI=1S/C22H23ClN2O2/c1-16-7-3-5-9-19(16)25-21-12-11-17(15-22(21)27-14-13-26-2)24-20-10-6-4-8-18(20)23/h3-12,15,24-25H,13-14H2,1-2H3. The molecule has 0 radical (unpaired) electrons. The fourth-order valence-corrected chi connectivity index (χ4v) is 2.82. The van der Waals surface area contributed by atoms with E-state index in [0.717, 1.165) is 28.5 Å². The Bertz CT molecular complexity index is 899. The minimum atomic E-state index is 0.467. The quantitative estimate of drug-likeness (QED) is 0.458. The second kappa shape index (κ2) is 9.31. The average Bonchev–Trinajstić information content (AvgIpc) is 2.67. The van der Waals surface area contributed by atoms with E-state index >= 15 is 0 Å². The molecule has 0 heterocycles. The molecular formula is C22H23ClN2O2. The van der Waals surface area contributed by atoms with Gasteiger partial charge in [0.15, 0.2) is 0 Å². The summed E-state index contributed by atoms with van der Waals surface area (Å²) in [5, 5.41) is 7.45. The lowest BCUT2D eigenvalue weighted by Gasteiger charge is -2.17. The van der Waals surface area contributed by atoms with E-state index in [-0.39, 0.29) is 0 Å². The van der Waals surface area contributed by atoms with E-state index < -0.39 is 0 Å². The summed E-state index contributed by atoms with van der Waals surface area (Å²) in [4.78, 5) is 0. The maximum atomic E-state index is 6.25. The third-order valence-electron chi connectivity index (χ3n) is 4.09. The highest BCUT2D eigenvalue weighted by Crippen LogP contribution is 2.34. The zero-order chi connectivity index (χ0) is 19.1. The van der Waals surface area contributed by atoms with Crippen LogP contribution in [-0.2, 0) is 4.74 Å². The monoisotopic (exact) mass is 382 g/mol. The lowest BCUT2D eigenvalue weighted by molar-refractivity contribution is 0.147. The third-order valence-corrected chi connectivity index (χ3v) is 4.42. The molecule has 0 unspecified atom stereocenters. The van der Waals surface area contributed by atoms with Crippen molar-refractivity contribution in [1.29, 1.82) is 0 Å². The minimum absolute atomic E-state index is 0.467. The molecule has 0 saturated carbocycles. The highest BCUT2D eigenvalue weighted by molar-refractivity contribution is 6.33. The van der Waals surface area contributed by atoms with Crippen LogP contribution in [0.2, 0.25) is 5.02 Å². The number of halogens is 1. The van der Waals surface area contributed by atoms with E-state index in [2.05, 4.69) is 23.6 Å². The highest BCUT2D eigenvalue weighted by atomic mass is 35.5. The lowest BCUT2D eigenvalue weighted by Crippen LogP contribution is -2.06. The average molecular weight is 383 g/mol. The van der Waals surface area contributed by atoms with Crippen molar-refractivity contribution < 1.29 is 9.47 Å². The van der Waals surface area contributed by atoms with Gasteiger partial charge in [0.25, 0.3) is 0 Å². The van der Waals surface area contributed by atoms with Crippen molar-refractivity contribution in [3.63, 3.8) is 0 Å². The number of hydrogen-bond donors (Lipinski definition) is 2. The normalized spacial score (nSPS) is 10.5. The van der Waals surface area contributed by atoms with Gasteiger partial charge < -0.3 is 20.1 Å². The van der Waals surface area contributed by atoms with Crippen molar-refractivity contribution in [2.75, 3.05) is 31.0 Å². The number of hydrogen-bond acceptors (Lipinski definition) is 4. The summed E-state index contributed by atoms with van der Waals surface area (Å²) in [6.45, 7) is 3.06. The molecule has 0 aliphatic heterocycles. The molecule has 0 amide bonds. The van der Waals surface area contributed by atoms with E-state index in [1.807, 2.05) is 60.7 Å². The molecule has 0 aliphatic rings. The van der Waals surface area contributed by atoms with Crippen LogP contribution in [0.5, 0.6) is 5.75 Å². The maximum Gasteiger partial charge on any atom is 0.144 e. The van der Waals surface area contributed by atoms with Crippen LogP contribution in [0.4, 0.5) is 22.7 Å². The molecule has 2 N–H and O–H groups in total. The summed E-state index contributed by atoms with van der Waals surface area (Å²) in [6, 6.07) is 21.7. The Morgan fingerprint density at radius 3 is 2.30 bits per heavy atom. The van der Waals surface area contributed by atoms with Crippen LogP contribution in [-0.4, -0.2) is 20.3 Å². The Hall–Kier alpha value is -2.69. The summed E-state index contributed by atoms with van der Waals surface area (Å²) in [5.41, 5.74) is 4.84. The second-order valence-electron chi connectivity index (χ2n) is 6.10. The van der Waals surface area contributed by atoms with E-state index in [0.29, 0.717) is 18.2 Å². The molecule has 0 spiro atoms. The van der Waals surface area contributed by atoms with Gasteiger partial charge in [-0.1, -0.05) is 41.9 Å². The van der Waals surface area contributed by atoms with Crippen LogP contribution >= 0.6 is 11.6 Å². The first-order chi connectivity index (χ1) is 13.2. The molecule has 27 heavy (non-hydrogen) atoms. The Morgan fingerprint density at radius 1 is 0.815 bits per heavy atom. The number of ether oxygens (including phenoxy) is 2. The van der Waals surface area contributed by atoms with Crippen LogP contribution in [0.1, 0.15) is 5.56 Å². The molecule has 4 nitrogen and oxygen atoms in total. The predicted molar refractivity (Wildman–Crippen MR) is 113 cm³/mol. The zero-order valence-corrected chi connectivity index (χ0v) is 16.2. The Balaban J connectivity index is 1.86. The molecular weight excluding hydrogens is 360 g/mol. The molecule has 0 atom stereocenters. The first-order valence-electron chi connectivity index (χ1n) is 8.77. The Labute approximate surface area is 165 Å². The summed E-state index contributed by atoms with van der Waals surface area (Å²) >= 11 is 6.25. The molecule has 0 bridgehead atoms. The number of anilines is 4. The van der Waals surface area contributed by atoms with Gasteiger partial charge in [0.1, 0.15) is 12.4 Å². The molecule has 0 saturated heterocycles. The van der Waals surface area contributed by atoms with Gasteiger partial charge >= 0.3 is 0 Å². The first-order valence-corrected chi connectivity index (χ1v) is 9.15. The van der Waals surface area contributed by atoms with Gasteiger partial charge in [-0.25, -0.2) is 0 Å². The van der Waals surface area contributed by atoms with Crippen molar-refractivity contribution >= 4 is 34.4 Å².